The van der Waals surface area contributed by atoms with Crippen molar-refractivity contribution in [3.63, 3.8) is 0 Å². The lowest BCUT2D eigenvalue weighted by Crippen LogP contribution is -2.37. The number of aliphatic carboxylic acids is 1. The fourth-order valence-corrected chi connectivity index (χ4v) is 2.46. The molecule has 0 atom stereocenters. The van der Waals surface area contributed by atoms with Crippen molar-refractivity contribution in [2.45, 2.75) is 32.1 Å². The number of amides is 2. The van der Waals surface area contributed by atoms with Crippen molar-refractivity contribution >= 4 is 17.8 Å². The zero-order valence-electron chi connectivity index (χ0n) is 13.7. The number of nitrogens with one attached hydrogen (secondary N) is 1. The van der Waals surface area contributed by atoms with Crippen LogP contribution in [0.1, 0.15) is 31.2 Å². The summed E-state index contributed by atoms with van der Waals surface area (Å²) in [5.41, 5.74) is 1.07. The van der Waals surface area contributed by atoms with Crippen molar-refractivity contribution in [1.29, 1.82) is 0 Å². The first-order valence-corrected chi connectivity index (χ1v) is 8.37. The Kier molecular flexibility index (Phi) is 6.78. The molecule has 130 valence electrons. The molecule has 2 rings (SSSR count). The third-order valence-corrected chi connectivity index (χ3v) is 4.01. The van der Waals surface area contributed by atoms with Gasteiger partial charge in [-0.25, -0.2) is 0 Å². The monoisotopic (exact) mass is 332 g/mol. The smallest absolute Gasteiger partial charge is 0.323 e. The van der Waals surface area contributed by atoms with Gasteiger partial charge in [-0.15, -0.1) is 0 Å². The summed E-state index contributed by atoms with van der Waals surface area (Å²) >= 11 is 0. The number of carbonyl (C=O) groups excluding carboxylic acids is 2. The quantitative estimate of drug-likeness (QED) is 0.635. The van der Waals surface area contributed by atoms with Gasteiger partial charge in [0, 0.05) is 25.4 Å². The fourth-order valence-electron chi connectivity index (χ4n) is 2.46. The zero-order valence-corrected chi connectivity index (χ0v) is 13.7. The molecule has 0 spiro atoms. The van der Waals surface area contributed by atoms with E-state index in [4.69, 9.17) is 5.11 Å². The second-order valence-corrected chi connectivity index (χ2v) is 6.11. The molecule has 1 aromatic rings. The van der Waals surface area contributed by atoms with Gasteiger partial charge in [-0.1, -0.05) is 30.3 Å². The van der Waals surface area contributed by atoms with Crippen LogP contribution in [-0.2, 0) is 20.8 Å². The number of carbonyl (C=O) groups is 3. The molecule has 6 heteroatoms. The molecule has 2 amide bonds. The van der Waals surface area contributed by atoms with Gasteiger partial charge in [0.25, 0.3) is 0 Å². The van der Waals surface area contributed by atoms with Crippen molar-refractivity contribution in [3.8, 4) is 0 Å². The average molecular weight is 332 g/mol. The highest BCUT2D eigenvalue weighted by atomic mass is 16.4. The third kappa shape index (κ3) is 6.40. The molecular formula is C18H24N2O4. The number of nitrogens with zero attached hydrogens (tertiary/aromatic N) is 1. The Bertz CT molecular complexity index is 570. The Balaban J connectivity index is 1.74. The molecule has 0 saturated heterocycles. The molecular weight excluding hydrogens is 308 g/mol. The number of hydrogen-bond acceptors (Lipinski definition) is 3. The van der Waals surface area contributed by atoms with Crippen molar-refractivity contribution in [1.82, 2.24) is 10.2 Å². The second-order valence-electron chi connectivity index (χ2n) is 6.11. The first-order valence-electron chi connectivity index (χ1n) is 8.37. The minimum absolute atomic E-state index is 0.0638. The van der Waals surface area contributed by atoms with Crippen LogP contribution < -0.4 is 5.32 Å². The minimum atomic E-state index is -1.02. The number of hydrogen-bond donors (Lipinski definition) is 2. The van der Waals surface area contributed by atoms with Crippen LogP contribution in [0.5, 0.6) is 0 Å². The van der Waals surface area contributed by atoms with Gasteiger partial charge < -0.3 is 15.3 Å². The van der Waals surface area contributed by atoms with Crippen LogP contribution in [0.2, 0.25) is 0 Å². The van der Waals surface area contributed by atoms with Gasteiger partial charge in [-0.05, 0) is 31.2 Å². The Hall–Kier alpha value is -2.37. The van der Waals surface area contributed by atoms with Crippen molar-refractivity contribution in [2.75, 3.05) is 19.6 Å². The van der Waals surface area contributed by atoms with E-state index in [-0.39, 0.29) is 30.7 Å². The summed E-state index contributed by atoms with van der Waals surface area (Å²) in [4.78, 5) is 36.1. The maximum atomic E-state index is 12.2. The van der Waals surface area contributed by atoms with E-state index in [1.807, 2.05) is 30.3 Å². The molecule has 2 N–H and O–H groups in total. The molecule has 0 heterocycles. The molecule has 1 aromatic carbocycles. The molecule has 1 fully saturated rings. The molecule has 0 aliphatic heterocycles. The lowest BCUT2D eigenvalue weighted by Gasteiger charge is -2.21. The largest absolute Gasteiger partial charge is 0.480 e. The molecule has 1 saturated carbocycles. The molecule has 0 bridgehead atoms. The Morgan fingerprint density at radius 1 is 1.17 bits per heavy atom. The predicted molar refractivity (Wildman–Crippen MR) is 89.3 cm³/mol. The highest BCUT2D eigenvalue weighted by molar-refractivity contribution is 5.82. The Morgan fingerprint density at radius 2 is 1.88 bits per heavy atom. The van der Waals surface area contributed by atoms with Crippen molar-refractivity contribution in [3.05, 3.63) is 35.9 Å². The van der Waals surface area contributed by atoms with Crippen LogP contribution in [0.4, 0.5) is 0 Å². The van der Waals surface area contributed by atoms with E-state index in [0.717, 1.165) is 18.4 Å². The summed E-state index contributed by atoms with van der Waals surface area (Å²) in [6, 6.07) is 9.66. The molecule has 24 heavy (non-hydrogen) atoms. The number of benzene rings is 1. The fraction of sp³-hybridized carbons (Fsp3) is 0.500. The second kappa shape index (κ2) is 9.05. The van der Waals surface area contributed by atoms with E-state index in [2.05, 4.69) is 5.32 Å². The molecule has 0 unspecified atom stereocenters. The highest BCUT2D eigenvalue weighted by Crippen LogP contribution is 2.28. The third-order valence-electron chi connectivity index (χ3n) is 4.01. The van der Waals surface area contributed by atoms with Crippen LogP contribution in [0.3, 0.4) is 0 Å². The first-order chi connectivity index (χ1) is 11.6. The van der Waals surface area contributed by atoms with E-state index in [1.54, 1.807) is 0 Å². The number of carboxylic acids is 1. The van der Waals surface area contributed by atoms with Crippen LogP contribution in [0, 0.1) is 5.92 Å². The van der Waals surface area contributed by atoms with Crippen LogP contribution in [0.25, 0.3) is 0 Å². The first kappa shape index (κ1) is 18.0. The molecule has 0 radical (unpaired) electrons. The van der Waals surface area contributed by atoms with Gasteiger partial charge in [0.05, 0.1) is 0 Å². The molecule has 1 aliphatic carbocycles. The van der Waals surface area contributed by atoms with E-state index >= 15 is 0 Å². The van der Waals surface area contributed by atoms with Gasteiger partial charge in [-0.3, -0.25) is 14.4 Å². The average Bonchev–Trinajstić information content (AvgIpc) is 3.40. The van der Waals surface area contributed by atoms with Gasteiger partial charge in [-0.2, -0.15) is 0 Å². The van der Waals surface area contributed by atoms with E-state index in [9.17, 15) is 14.4 Å². The van der Waals surface area contributed by atoms with Crippen molar-refractivity contribution < 1.29 is 19.5 Å². The Morgan fingerprint density at radius 3 is 2.50 bits per heavy atom. The lowest BCUT2D eigenvalue weighted by atomic mass is 10.1. The van der Waals surface area contributed by atoms with Crippen molar-refractivity contribution in [2.24, 2.45) is 5.92 Å². The standard InChI is InChI=1S/C18H24N2O4/c21-16(7-4-11-19-18(24)15-8-9-15)20(13-17(22)23)12-10-14-5-2-1-3-6-14/h1-3,5-6,15H,4,7-13H2,(H,19,24)(H,22,23). The van der Waals surface area contributed by atoms with Gasteiger partial charge in [0.1, 0.15) is 6.54 Å². The summed E-state index contributed by atoms with van der Waals surface area (Å²) in [6.07, 6.45) is 3.30. The maximum Gasteiger partial charge on any atom is 0.323 e. The molecule has 0 aromatic heterocycles. The zero-order chi connectivity index (χ0) is 17.4. The Labute approximate surface area is 141 Å². The summed E-state index contributed by atoms with van der Waals surface area (Å²) in [5, 5.41) is 11.8. The minimum Gasteiger partial charge on any atom is -0.480 e. The van der Waals surface area contributed by atoms with E-state index < -0.39 is 5.97 Å². The summed E-state index contributed by atoms with van der Waals surface area (Å²) in [7, 11) is 0. The number of rotatable bonds is 10. The SMILES string of the molecule is O=C(O)CN(CCc1ccccc1)C(=O)CCCNC(=O)C1CC1. The molecule has 1 aliphatic rings. The van der Waals surface area contributed by atoms with E-state index in [1.165, 1.54) is 4.90 Å². The summed E-state index contributed by atoms with van der Waals surface area (Å²) in [6.45, 7) is 0.546. The highest BCUT2D eigenvalue weighted by Gasteiger charge is 2.29. The van der Waals surface area contributed by atoms with Crippen LogP contribution in [0.15, 0.2) is 30.3 Å². The van der Waals surface area contributed by atoms with Crippen LogP contribution >= 0.6 is 0 Å². The predicted octanol–water partition coefficient (Wildman–Crippen LogP) is 1.45. The van der Waals surface area contributed by atoms with Crippen LogP contribution in [-0.4, -0.2) is 47.4 Å². The lowest BCUT2D eigenvalue weighted by molar-refractivity contribution is -0.144. The van der Waals surface area contributed by atoms with Gasteiger partial charge in [0.15, 0.2) is 0 Å². The topological polar surface area (TPSA) is 86.7 Å². The molecule has 6 nitrogen and oxygen atoms in total. The van der Waals surface area contributed by atoms with E-state index in [0.29, 0.717) is 25.9 Å². The van der Waals surface area contributed by atoms with Gasteiger partial charge in [0.2, 0.25) is 11.8 Å². The number of carboxylic acid groups (broad SMARTS) is 1. The van der Waals surface area contributed by atoms with Gasteiger partial charge >= 0.3 is 5.97 Å². The normalized spacial score (nSPS) is 13.3. The maximum absolute atomic E-state index is 12.2. The summed E-state index contributed by atoms with van der Waals surface area (Å²) in [5.74, 6) is -0.976. The summed E-state index contributed by atoms with van der Waals surface area (Å²) < 4.78 is 0.